The van der Waals surface area contributed by atoms with Crippen LogP contribution in [-0.4, -0.2) is 12.1 Å². The first-order valence-electron chi connectivity index (χ1n) is 5.84. The first-order chi connectivity index (χ1) is 8.56. The van der Waals surface area contributed by atoms with Gasteiger partial charge in [0, 0.05) is 23.2 Å². The monoisotopic (exact) mass is 264 g/mol. The average molecular weight is 265 g/mol. The summed E-state index contributed by atoms with van der Waals surface area (Å²) in [6.07, 6.45) is 6.55. The average Bonchev–Trinajstić information content (AvgIpc) is 2.33. The highest BCUT2D eigenvalue weighted by atomic mass is 35.5. The fraction of sp³-hybridized carbons (Fsp3) is 0.357. The molecule has 0 aliphatic rings. The molecule has 0 spiro atoms. The lowest BCUT2D eigenvalue weighted by atomic mass is 10.1. The summed E-state index contributed by atoms with van der Waals surface area (Å²) in [5, 5.41) is 6.17. The number of halogens is 1. The van der Waals surface area contributed by atoms with E-state index in [9.17, 15) is 4.79 Å². The third-order valence-corrected chi connectivity index (χ3v) is 3.03. The van der Waals surface area contributed by atoms with Crippen LogP contribution >= 0.6 is 11.6 Å². The second kappa shape index (κ2) is 6.93. The van der Waals surface area contributed by atoms with Gasteiger partial charge < -0.3 is 10.6 Å². The van der Waals surface area contributed by atoms with Crippen molar-refractivity contribution in [1.82, 2.24) is 5.32 Å². The molecule has 0 aliphatic carbocycles. The molecule has 0 aliphatic heterocycles. The molecule has 1 aromatic carbocycles. The highest BCUT2D eigenvalue weighted by Crippen LogP contribution is 2.19. The van der Waals surface area contributed by atoms with E-state index in [1.54, 1.807) is 6.07 Å². The zero-order valence-corrected chi connectivity index (χ0v) is 11.3. The van der Waals surface area contributed by atoms with Crippen molar-refractivity contribution < 1.29 is 4.79 Å². The van der Waals surface area contributed by atoms with Gasteiger partial charge in [-0.05, 0) is 31.0 Å². The first kappa shape index (κ1) is 14.4. The molecular weight excluding hydrogens is 248 g/mol. The Balaban J connectivity index is 2.59. The summed E-state index contributed by atoms with van der Waals surface area (Å²) in [7, 11) is 0. The van der Waals surface area contributed by atoms with Gasteiger partial charge in [0.05, 0.1) is 0 Å². The van der Waals surface area contributed by atoms with Crippen LogP contribution in [0.25, 0.3) is 0 Å². The summed E-state index contributed by atoms with van der Waals surface area (Å²) in [6, 6.07) is 5.12. The number of aryl methyl sites for hydroxylation is 1. The van der Waals surface area contributed by atoms with Gasteiger partial charge in [-0.2, -0.15) is 0 Å². The second-order valence-corrected chi connectivity index (χ2v) is 4.48. The number of anilines is 1. The van der Waals surface area contributed by atoms with Crippen molar-refractivity contribution in [2.24, 2.45) is 0 Å². The Kier molecular flexibility index (Phi) is 5.54. The number of carbonyl (C=O) groups is 1. The van der Waals surface area contributed by atoms with Crippen molar-refractivity contribution in [2.45, 2.75) is 32.7 Å². The van der Waals surface area contributed by atoms with Crippen LogP contribution in [-0.2, 0) is 0 Å². The van der Waals surface area contributed by atoms with Crippen molar-refractivity contribution in [3.8, 4) is 12.3 Å². The smallest absolute Gasteiger partial charge is 0.319 e. The van der Waals surface area contributed by atoms with E-state index in [-0.39, 0.29) is 12.1 Å². The summed E-state index contributed by atoms with van der Waals surface area (Å²) >= 11 is 5.98. The Labute approximate surface area is 113 Å². The summed E-state index contributed by atoms with van der Waals surface area (Å²) in [4.78, 5) is 11.7. The molecule has 1 rings (SSSR count). The fourth-order valence-corrected chi connectivity index (χ4v) is 1.64. The molecule has 0 radical (unpaired) electrons. The number of hydrogen-bond donors (Lipinski definition) is 2. The highest BCUT2D eigenvalue weighted by Gasteiger charge is 2.09. The van der Waals surface area contributed by atoms with Crippen LogP contribution in [0.3, 0.4) is 0 Å². The van der Waals surface area contributed by atoms with E-state index in [1.807, 2.05) is 26.0 Å². The Morgan fingerprint density at radius 3 is 2.83 bits per heavy atom. The molecule has 0 fully saturated rings. The van der Waals surface area contributed by atoms with Crippen LogP contribution in [0.2, 0.25) is 5.02 Å². The molecule has 1 atom stereocenters. The Morgan fingerprint density at radius 2 is 2.28 bits per heavy atom. The lowest BCUT2D eigenvalue weighted by Crippen LogP contribution is -2.37. The fourth-order valence-electron chi connectivity index (χ4n) is 1.46. The number of carbonyl (C=O) groups excluding carboxylic acids is 1. The van der Waals surface area contributed by atoms with E-state index in [0.29, 0.717) is 17.1 Å². The summed E-state index contributed by atoms with van der Waals surface area (Å²) in [6.45, 7) is 3.89. The number of urea groups is 1. The van der Waals surface area contributed by atoms with Crippen LogP contribution < -0.4 is 10.6 Å². The third-order valence-electron chi connectivity index (χ3n) is 2.62. The predicted molar refractivity (Wildman–Crippen MR) is 75.9 cm³/mol. The maximum Gasteiger partial charge on any atom is 0.319 e. The van der Waals surface area contributed by atoms with Gasteiger partial charge >= 0.3 is 6.03 Å². The summed E-state index contributed by atoms with van der Waals surface area (Å²) in [5.74, 6) is 2.54. The van der Waals surface area contributed by atoms with E-state index >= 15 is 0 Å². The van der Waals surface area contributed by atoms with E-state index in [0.717, 1.165) is 12.0 Å². The zero-order valence-electron chi connectivity index (χ0n) is 10.6. The molecule has 0 saturated carbocycles. The molecule has 0 heterocycles. The molecule has 18 heavy (non-hydrogen) atoms. The number of amides is 2. The van der Waals surface area contributed by atoms with E-state index in [2.05, 4.69) is 16.6 Å². The molecule has 3 nitrogen and oxygen atoms in total. The van der Waals surface area contributed by atoms with Gasteiger partial charge in [-0.15, -0.1) is 12.3 Å². The van der Waals surface area contributed by atoms with E-state index in [1.165, 1.54) is 0 Å². The number of hydrogen-bond acceptors (Lipinski definition) is 1. The van der Waals surface area contributed by atoms with Crippen LogP contribution in [0, 0.1) is 19.3 Å². The second-order valence-electron chi connectivity index (χ2n) is 4.08. The largest absolute Gasteiger partial charge is 0.334 e. The molecule has 2 N–H and O–H groups in total. The van der Waals surface area contributed by atoms with Crippen molar-refractivity contribution in [1.29, 1.82) is 0 Å². The topological polar surface area (TPSA) is 41.1 Å². The molecular formula is C14H17ClN2O. The van der Waals surface area contributed by atoms with Gasteiger partial charge in [-0.25, -0.2) is 4.79 Å². The number of benzene rings is 1. The quantitative estimate of drug-likeness (QED) is 0.802. The van der Waals surface area contributed by atoms with Gasteiger partial charge in [-0.1, -0.05) is 24.6 Å². The molecule has 1 aromatic rings. The Bertz CT molecular complexity index is 465. The summed E-state index contributed by atoms with van der Waals surface area (Å²) in [5.41, 5.74) is 1.64. The van der Waals surface area contributed by atoms with Crippen molar-refractivity contribution in [3.63, 3.8) is 0 Å². The standard InChI is InChI=1S/C14H17ClN2O/c1-4-6-11(5-2)16-14(18)17-12-8-7-10(3)13(15)9-12/h1,7-9,11H,5-6H2,2-3H3,(H2,16,17,18). The minimum atomic E-state index is -0.267. The van der Waals surface area contributed by atoms with Gasteiger partial charge in [0.15, 0.2) is 0 Å². The van der Waals surface area contributed by atoms with Crippen molar-refractivity contribution >= 4 is 23.3 Å². The van der Waals surface area contributed by atoms with Crippen molar-refractivity contribution in [3.05, 3.63) is 28.8 Å². The maximum absolute atomic E-state index is 11.7. The highest BCUT2D eigenvalue weighted by molar-refractivity contribution is 6.31. The SMILES string of the molecule is C#CCC(CC)NC(=O)Nc1ccc(C)c(Cl)c1. The van der Waals surface area contributed by atoms with E-state index < -0.39 is 0 Å². The molecule has 0 bridgehead atoms. The van der Waals surface area contributed by atoms with Gasteiger partial charge in [0.25, 0.3) is 0 Å². The molecule has 4 heteroatoms. The summed E-state index contributed by atoms with van der Waals surface area (Å²) < 4.78 is 0. The Morgan fingerprint density at radius 1 is 1.56 bits per heavy atom. The van der Waals surface area contributed by atoms with Crippen molar-refractivity contribution in [2.75, 3.05) is 5.32 Å². The lowest BCUT2D eigenvalue weighted by Gasteiger charge is -2.15. The van der Waals surface area contributed by atoms with Gasteiger partial charge in [-0.3, -0.25) is 0 Å². The van der Waals surface area contributed by atoms with Crippen LogP contribution in [0.5, 0.6) is 0 Å². The minimum Gasteiger partial charge on any atom is -0.334 e. The van der Waals surface area contributed by atoms with Gasteiger partial charge in [0.2, 0.25) is 0 Å². The van der Waals surface area contributed by atoms with Crippen LogP contribution in [0.4, 0.5) is 10.5 Å². The number of nitrogens with one attached hydrogen (secondary N) is 2. The number of rotatable bonds is 4. The first-order valence-corrected chi connectivity index (χ1v) is 6.21. The normalized spacial score (nSPS) is 11.4. The lowest BCUT2D eigenvalue weighted by molar-refractivity contribution is 0.248. The zero-order chi connectivity index (χ0) is 13.5. The van der Waals surface area contributed by atoms with E-state index in [4.69, 9.17) is 18.0 Å². The maximum atomic E-state index is 11.7. The minimum absolute atomic E-state index is 0.00378. The molecule has 0 saturated heterocycles. The number of terminal acetylenes is 1. The van der Waals surface area contributed by atoms with Crippen LogP contribution in [0.15, 0.2) is 18.2 Å². The molecule has 0 aromatic heterocycles. The Hall–Kier alpha value is -1.66. The van der Waals surface area contributed by atoms with Crippen LogP contribution in [0.1, 0.15) is 25.3 Å². The molecule has 2 amide bonds. The molecule has 1 unspecified atom stereocenters. The molecule has 96 valence electrons. The predicted octanol–water partition coefficient (Wildman–Crippen LogP) is 3.57. The third kappa shape index (κ3) is 4.31. The van der Waals surface area contributed by atoms with Gasteiger partial charge in [0.1, 0.15) is 0 Å².